The number of ether oxygens (including phenoxy) is 1. The second-order valence-electron chi connectivity index (χ2n) is 7.81. The summed E-state index contributed by atoms with van der Waals surface area (Å²) in [6.07, 6.45) is 0.616. The quantitative estimate of drug-likeness (QED) is 0.567. The predicted molar refractivity (Wildman–Crippen MR) is 115 cm³/mol. The zero-order valence-electron chi connectivity index (χ0n) is 16.8. The van der Waals surface area contributed by atoms with Crippen molar-refractivity contribution in [3.8, 4) is 6.07 Å². The molecular weight excluding hydrogens is 371 g/mol. The average molecular weight is 398 g/mol. The van der Waals surface area contributed by atoms with Gasteiger partial charge in [-0.1, -0.05) is 0 Å². The van der Waals surface area contributed by atoms with Crippen molar-refractivity contribution in [3.05, 3.63) is 64.7 Å². The van der Waals surface area contributed by atoms with E-state index in [1.165, 1.54) is 0 Å². The molecule has 0 fully saturated rings. The first-order valence-electron chi connectivity index (χ1n) is 9.21. The molecule has 0 aromatic heterocycles. The molecule has 0 aliphatic rings. The average Bonchev–Trinajstić information content (AvgIpc) is 2.62. The van der Waals surface area contributed by atoms with Gasteiger partial charge in [0.25, 0.3) is 0 Å². The molecule has 0 radical (unpaired) electrons. The number of esters is 1. The van der Waals surface area contributed by atoms with Crippen LogP contribution in [0.15, 0.2) is 42.5 Å². The molecule has 0 saturated carbocycles. The Kier molecular flexibility index (Phi) is 7.31. The summed E-state index contributed by atoms with van der Waals surface area (Å²) < 4.78 is 5.36. The van der Waals surface area contributed by atoms with Gasteiger partial charge in [-0.15, -0.1) is 0 Å². The predicted octanol–water partition coefficient (Wildman–Crippen LogP) is 3.87. The van der Waals surface area contributed by atoms with Crippen LogP contribution in [0, 0.1) is 25.2 Å². The molecule has 0 atom stereocenters. The van der Waals surface area contributed by atoms with Crippen molar-refractivity contribution >= 4 is 24.8 Å². The van der Waals surface area contributed by atoms with Gasteiger partial charge in [0, 0.05) is 0 Å². The van der Waals surface area contributed by atoms with Gasteiger partial charge in [-0.3, -0.25) is 0 Å². The molecule has 0 bridgehead atoms. The van der Waals surface area contributed by atoms with Crippen LogP contribution in [0.2, 0.25) is 0 Å². The number of nitrogens with one attached hydrogen (secondary N) is 1. The van der Waals surface area contributed by atoms with Crippen molar-refractivity contribution in [1.29, 1.82) is 5.26 Å². The normalized spacial score (nSPS) is 11.4. The SMILES string of the molecule is Cc1cc(C#N)cc(C)c1NC(=O)C[PH](C)(C)CC(=O)OCc1ccccc1. The minimum absolute atomic E-state index is 0.108. The van der Waals surface area contributed by atoms with E-state index in [-0.39, 0.29) is 18.5 Å². The van der Waals surface area contributed by atoms with Gasteiger partial charge in [-0.05, 0) is 0 Å². The summed E-state index contributed by atoms with van der Waals surface area (Å²) in [4.78, 5) is 24.8. The van der Waals surface area contributed by atoms with E-state index < -0.39 is 7.26 Å². The number of benzene rings is 2. The monoisotopic (exact) mass is 398 g/mol. The van der Waals surface area contributed by atoms with Crippen LogP contribution in [0.3, 0.4) is 0 Å². The topological polar surface area (TPSA) is 79.2 Å². The summed E-state index contributed by atoms with van der Waals surface area (Å²) in [6, 6.07) is 15.2. The maximum atomic E-state index is 12.6. The van der Waals surface area contributed by atoms with E-state index in [4.69, 9.17) is 10.00 Å². The van der Waals surface area contributed by atoms with Crippen LogP contribution >= 0.6 is 7.26 Å². The molecule has 0 heterocycles. The molecular formula is C22H27N2O3P. The zero-order chi connectivity index (χ0) is 20.7. The number of carbonyl (C=O) groups is 2. The van der Waals surface area contributed by atoms with Gasteiger partial charge in [0.1, 0.15) is 0 Å². The van der Waals surface area contributed by atoms with Gasteiger partial charge < -0.3 is 0 Å². The summed E-state index contributed by atoms with van der Waals surface area (Å²) >= 11 is 0. The van der Waals surface area contributed by atoms with Crippen molar-refractivity contribution in [1.82, 2.24) is 0 Å². The van der Waals surface area contributed by atoms with Crippen LogP contribution in [-0.4, -0.2) is 37.5 Å². The van der Waals surface area contributed by atoms with Crippen LogP contribution in [0.5, 0.6) is 0 Å². The van der Waals surface area contributed by atoms with E-state index in [1.54, 1.807) is 12.1 Å². The zero-order valence-corrected chi connectivity index (χ0v) is 17.8. The van der Waals surface area contributed by atoms with Crippen LogP contribution in [0.4, 0.5) is 5.69 Å². The van der Waals surface area contributed by atoms with Crippen LogP contribution in [0.1, 0.15) is 22.3 Å². The standard InChI is InChI=1S/C22H27N2O3P/c1-16-10-19(12-23)11-17(2)22(16)24-20(25)14-28(3,4)15-21(26)27-13-18-8-6-5-7-9-18/h5-11,28H,13-15H2,1-4H3,(H,24,25). The van der Waals surface area contributed by atoms with Crippen LogP contribution in [-0.2, 0) is 20.9 Å². The molecule has 0 saturated heterocycles. The minimum atomic E-state index is -2.11. The molecule has 2 aromatic carbocycles. The molecule has 6 heteroatoms. The number of nitriles is 1. The van der Waals surface area contributed by atoms with Gasteiger partial charge in [0.2, 0.25) is 0 Å². The molecule has 2 aromatic rings. The number of nitrogens with zero attached hydrogens (tertiary/aromatic N) is 1. The van der Waals surface area contributed by atoms with E-state index in [9.17, 15) is 9.59 Å². The van der Waals surface area contributed by atoms with Crippen molar-refractivity contribution in [2.75, 3.05) is 31.0 Å². The van der Waals surface area contributed by atoms with E-state index in [0.717, 1.165) is 22.4 Å². The molecule has 5 nitrogen and oxygen atoms in total. The van der Waals surface area contributed by atoms with E-state index >= 15 is 0 Å². The van der Waals surface area contributed by atoms with Crippen molar-refractivity contribution in [3.63, 3.8) is 0 Å². The van der Waals surface area contributed by atoms with Crippen LogP contribution < -0.4 is 5.32 Å². The molecule has 148 valence electrons. The fourth-order valence-corrected chi connectivity index (χ4v) is 5.05. The molecule has 1 amide bonds. The molecule has 0 aliphatic carbocycles. The summed E-state index contributed by atoms with van der Waals surface area (Å²) in [6.45, 7) is 8.00. The Labute approximate surface area is 167 Å². The Hall–Kier alpha value is -2.70. The van der Waals surface area contributed by atoms with Gasteiger partial charge in [-0.25, -0.2) is 0 Å². The summed E-state index contributed by atoms with van der Waals surface area (Å²) in [5, 5.41) is 12.0. The van der Waals surface area contributed by atoms with Gasteiger partial charge in [0.15, 0.2) is 0 Å². The van der Waals surface area contributed by atoms with E-state index in [1.807, 2.05) is 57.5 Å². The molecule has 2 rings (SSSR count). The Bertz CT molecular complexity index is 879. The number of hydrogen-bond donors (Lipinski definition) is 1. The molecule has 28 heavy (non-hydrogen) atoms. The first-order chi connectivity index (χ1) is 13.2. The van der Waals surface area contributed by atoms with E-state index in [0.29, 0.717) is 17.9 Å². The Morgan fingerprint density at radius 2 is 1.68 bits per heavy atom. The number of amides is 1. The number of carbonyl (C=O) groups excluding carboxylic acids is 2. The van der Waals surface area contributed by atoms with Gasteiger partial charge in [-0.2, -0.15) is 0 Å². The summed E-state index contributed by atoms with van der Waals surface area (Å²) in [5.74, 6) is -0.373. The summed E-state index contributed by atoms with van der Waals surface area (Å²) in [5.41, 5.74) is 3.96. The maximum absolute atomic E-state index is 12.6. The first-order valence-corrected chi connectivity index (χ1v) is 12.6. The molecule has 0 unspecified atom stereocenters. The Balaban J connectivity index is 1.91. The molecule has 0 aliphatic heterocycles. The van der Waals surface area contributed by atoms with Crippen molar-refractivity contribution in [2.24, 2.45) is 0 Å². The van der Waals surface area contributed by atoms with Gasteiger partial charge >= 0.3 is 167 Å². The second-order valence-corrected chi connectivity index (χ2v) is 12.8. The Morgan fingerprint density at radius 1 is 1.07 bits per heavy atom. The van der Waals surface area contributed by atoms with Crippen molar-refractivity contribution < 1.29 is 14.3 Å². The third-order valence-electron chi connectivity index (χ3n) is 4.43. The summed E-state index contributed by atoms with van der Waals surface area (Å²) in [7, 11) is -2.11. The third kappa shape index (κ3) is 6.48. The molecule has 0 spiro atoms. The van der Waals surface area contributed by atoms with Crippen molar-refractivity contribution in [2.45, 2.75) is 20.5 Å². The van der Waals surface area contributed by atoms with E-state index in [2.05, 4.69) is 11.4 Å². The van der Waals surface area contributed by atoms with Crippen LogP contribution in [0.25, 0.3) is 0 Å². The number of aryl methyl sites for hydroxylation is 2. The Morgan fingerprint density at radius 3 is 2.25 bits per heavy atom. The van der Waals surface area contributed by atoms with Gasteiger partial charge in [0.05, 0.1) is 0 Å². The fourth-order valence-electron chi connectivity index (χ4n) is 3.09. The number of anilines is 1. The fraction of sp³-hybridized carbons (Fsp3) is 0.318. The molecule has 1 N–H and O–H groups in total. The number of rotatable bonds is 7. The second kappa shape index (κ2) is 9.48. The third-order valence-corrected chi connectivity index (χ3v) is 6.95. The number of hydrogen-bond acceptors (Lipinski definition) is 4. The first kappa shape index (κ1) is 21.6.